The molecule has 0 bridgehead atoms. The molecular formula is C13H23N3O3. The Labute approximate surface area is 113 Å². The third-order valence-electron chi connectivity index (χ3n) is 3.59. The summed E-state index contributed by atoms with van der Waals surface area (Å²) < 4.78 is 5.23. The van der Waals surface area contributed by atoms with Crippen LogP contribution in [0.4, 0.5) is 0 Å². The molecule has 2 N–H and O–H groups in total. The van der Waals surface area contributed by atoms with Gasteiger partial charge in [-0.2, -0.15) is 0 Å². The van der Waals surface area contributed by atoms with Crippen LogP contribution in [0, 0.1) is 0 Å². The van der Waals surface area contributed by atoms with Crippen molar-refractivity contribution in [3.8, 4) is 0 Å². The number of hydrogen-bond donors (Lipinski definition) is 2. The Morgan fingerprint density at radius 1 is 1.26 bits per heavy atom. The maximum Gasteiger partial charge on any atom is 0.239 e. The fraction of sp³-hybridized carbons (Fsp3) is 0.846. The van der Waals surface area contributed by atoms with E-state index < -0.39 is 0 Å². The van der Waals surface area contributed by atoms with Gasteiger partial charge in [0.2, 0.25) is 11.8 Å². The Morgan fingerprint density at radius 2 is 2.05 bits per heavy atom. The molecule has 108 valence electrons. The number of likely N-dealkylation sites (tertiary alicyclic amines) is 1. The number of morpholine rings is 1. The molecule has 0 radical (unpaired) electrons. The predicted octanol–water partition coefficient (Wildman–Crippen LogP) is -0.506. The Hall–Kier alpha value is -1.14. The van der Waals surface area contributed by atoms with Gasteiger partial charge in [0.15, 0.2) is 0 Å². The first kappa shape index (κ1) is 14.3. The van der Waals surface area contributed by atoms with E-state index in [0.29, 0.717) is 32.7 Å². The van der Waals surface area contributed by atoms with Crippen molar-refractivity contribution < 1.29 is 14.3 Å². The van der Waals surface area contributed by atoms with Crippen LogP contribution < -0.4 is 10.6 Å². The lowest BCUT2D eigenvalue weighted by atomic mass is 10.1. The van der Waals surface area contributed by atoms with Gasteiger partial charge < -0.3 is 20.3 Å². The third-order valence-corrected chi connectivity index (χ3v) is 3.59. The fourth-order valence-electron chi connectivity index (χ4n) is 2.45. The Bertz CT molecular complexity index is 280. The molecule has 0 spiro atoms. The lowest BCUT2D eigenvalue weighted by Gasteiger charge is -2.27. The zero-order valence-electron chi connectivity index (χ0n) is 11.3. The molecule has 2 aliphatic rings. The first-order valence-electron chi connectivity index (χ1n) is 7.14. The van der Waals surface area contributed by atoms with Crippen LogP contribution in [0.5, 0.6) is 0 Å². The Kier molecular flexibility index (Phi) is 5.60. The number of carbonyl (C=O) groups is 2. The lowest BCUT2D eigenvalue weighted by Crippen LogP contribution is -2.51. The van der Waals surface area contributed by atoms with Crippen molar-refractivity contribution in [2.45, 2.75) is 31.7 Å². The van der Waals surface area contributed by atoms with Gasteiger partial charge in [0, 0.05) is 32.6 Å². The summed E-state index contributed by atoms with van der Waals surface area (Å²) in [7, 11) is 0. The van der Waals surface area contributed by atoms with Gasteiger partial charge in [-0.25, -0.2) is 0 Å². The summed E-state index contributed by atoms with van der Waals surface area (Å²) in [5.41, 5.74) is 0. The highest BCUT2D eigenvalue weighted by Gasteiger charge is 2.21. The standard InChI is InChI=1S/C13H23N3O3/c17-12(16-7-2-1-3-8-16)4-5-15-13(18)11-10-19-9-6-14-11/h11,14H,1-10H2,(H,15,18). The molecule has 0 saturated carbocycles. The summed E-state index contributed by atoms with van der Waals surface area (Å²) in [6, 6.07) is -0.279. The highest BCUT2D eigenvalue weighted by Crippen LogP contribution is 2.09. The van der Waals surface area contributed by atoms with Gasteiger partial charge in [0.05, 0.1) is 13.2 Å². The molecule has 2 heterocycles. The van der Waals surface area contributed by atoms with Gasteiger partial charge in [0.1, 0.15) is 6.04 Å². The number of nitrogens with one attached hydrogen (secondary N) is 2. The minimum absolute atomic E-state index is 0.0776. The molecular weight excluding hydrogens is 246 g/mol. The van der Waals surface area contributed by atoms with Gasteiger partial charge in [0.25, 0.3) is 0 Å². The summed E-state index contributed by atoms with van der Waals surface area (Å²) in [4.78, 5) is 25.6. The van der Waals surface area contributed by atoms with Gasteiger partial charge in [-0.3, -0.25) is 9.59 Å². The molecule has 2 rings (SSSR count). The van der Waals surface area contributed by atoms with E-state index in [1.807, 2.05) is 4.90 Å². The largest absolute Gasteiger partial charge is 0.378 e. The summed E-state index contributed by atoms with van der Waals surface area (Å²) in [6.45, 7) is 3.90. The average Bonchev–Trinajstić information content (AvgIpc) is 2.49. The number of hydrogen-bond acceptors (Lipinski definition) is 4. The first-order chi connectivity index (χ1) is 9.27. The second-order valence-corrected chi connectivity index (χ2v) is 5.06. The molecule has 2 amide bonds. The summed E-state index contributed by atoms with van der Waals surface area (Å²) in [6.07, 6.45) is 3.80. The normalized spacial score (nSPS) is 24.0. The van der Waals surface area contributed by atoms with E-state index >= 15 is 0 Å². The van der Waals surface area contributed by atoms with Crippen LogP contribution in [0.1, 0.15) is 25.7 Å². The number of amides is 2. The Morgan fingerprint density at radius 3 is 2.74 bits per heavy atom. The summed E-state index contributed by atoms with van der Waals surface area (Å²) in [5.74, 6) is 0.0685. The number of rotatable bonds is 4. The summed E-state index contributed by atoms with van der Waals surface area (Å²) >= 11 is 0. The maximum absolute atomic E-state index is 11.9. The van der Waals surface area contributed by atoms with Crippen LogP contribution in [0.3, 0.4) is 0 Å². The van der Waals surface area contributed by atoms with Crippen molar-refractivity contribution in [3.05, 3.63) is 0 Å². The molecule has 19 heavy (non-hydrogen) atoms. The highest BCUT2D eigenvalue weighted by molar-refractivity contribution is 5.83. The van der Waals surface area contributed by atoms with Crippen LogP contribution in [-0.4, -0.2) is 62.1 Å². The van der Waals surface area contributed by atoms with Crippen molar-refractivity contribution in [2.24, 2.45) is 0 Å². The third kappa shape index (κ3) is 4.47. The summed E-state index contributed by atoms with van der Waals surface area (Å²) in [5, 5.41) is 5.88. The first-order valence-corrected chi connectivity index (χ1v) is 7.14. The smallest absolute Gasteiger partial charge is 0.239 e. The van der Waals surface area contributed by atoms with Crippen molar-refractivity contribution in [2.75, 3.05) is 39.4 Å². The molecule has 0 aliphatic carbocycles. The van der Waals surface area contributed by atoms with Crippen LogP contribution >= 0.6 is 0 Å². The zero-order valence-corrected chi connectivity index (χ0v) is 11.3. The second kappa shape index (κ2) is 7.45. The highest BCUT2D eigenvalue weighted by atomic mass is 16.5. The lowest BCUT2D eigenvalue weighted by molar-refractivity contribution is -0.132. The average molecular weight is 269 g/mol. The van der Waals surface area contributed by atoms with Gasteiger partial charge >= 0.3 is 0 Å². The van der Waals surface area contributed by atoms with E-state index in [0.717, 1.165) is 25.9 Å². The molecule has 0 aromatic heterocycles. The van der Waals surface area contributed by atoms with Crippen LogP contribution in [-0.2, 0) is 14.3 Å². The monoisotopic (exact) mass is 269 g/mol. The fourth-order valence-corrected chi connectivity index (χ4v) is 2.45. The molecule has 2 saturated heterocycles. The van der Waals surface area contributed by atoms with E-state index in [1.165, 1.54) is 6.42 Å². The number of nitrogens with zero attached hydrogens (tertiary/aromatic N) is 1. The minimum Gasteiger partial charge on any atom is -0.378 e. The van der Waals surface area contributed by atoms with E-state index in [9.17, 15) is 9.59 Å². The van der Waals surface area contributed by atoms with E-state index in [1.54, 1.807) is 0 Å². The van der Waals surface area contributed by atoms with Crippen molar-refractivity contribution >= 4 is 11.8 Å². The second-order valence-electron chi connectivity index (χ2n) is 5.06. The topological polar surface area (TPSA) is 70.7 Å². The van der Waals surface area contributed by atoms with Crippen molar-refractivity contribution in [1.29, 1.82) is 0 Å². The van der Waals surface area contributed by atoms with E-state index in [4.69, 9.17) is 4.74 Å². The van der Waals surface area contributed by atoms with Crippen molar-refractivity contribution in [1.82, 2.24) is 15.5 Å². The SMILES string of the molecule is O=C(NCCC(=O)N1CCCCC1)C1COCCN1. The molecule has 0 aromatic carbocycles. The van der Waals surface area contributed by atoms with Gasteiger partial charge in [-0.05, 0) is 19.3 Å². The number of carbonyl (C=O) groups excluding carboxylic acids is 2. The molecule has 1 unspecified atom stereocenters. The number of piperidine rings is 1. The molecule has 6 nitrogen and oxygen atoms in total. The van der Waals surface area contributed by atoms with Gasteiger partial charge in [-0.15, -0.1) is 0 Å². The minimum atomic E-state index is -0.279. The quantitative estimate of drug-likeness (QED) is 0.721. The predicted molar refractivity (Wildman–Crippen MR) is 70.7 cm³/mol. The molecule has 0 aromatic rings. The Balaban J connectivity index is 1.62. The van der Waals surface area contributed by atoms with Gasteiger partial charge in [-0.1, -0.05) is 0 Å². The van der Waals surface area contributed by atoms with Crippen LogP contribution in [0.25, 0.3) is 0 Å². The van der Waals surface area contributed by atoms with Crippen LogP contribution in [0.15, 0.2) is 0 Å². The molecule has 2 fully saturated rings. The molecule has 1 atom stereocenters. The zero-order chi connectivity index (χ0) is 13.5. The van der Waals surface area contributed by atoms with E-state index in [2.05, 4.69) is 10.6 Å². The molecule has 6 heteroatoms. The number of ether oxygens (including phenoxy) is 1. The maximum atomic E-state index is 11.9. The molecule has 2 aliphatic heterocycles. The van der Waals surface area contributed by atoms with Crippen molar-refractivity contribution in [3.63, 3.8) is 0 Å². The van der Waals surface area contributed by atoms with E-state index in [-0.39, 0.29) is 17.9 Å². The van der Waals surface area contributed by atoms with Crippen LogP contribution in [0.2, 0.25) is 0 Å².